The van der Waals surface area contributed by atoms with Gasteiger partial charge in [0.05, 0.1) is 27.8 Å². The Morgan fingerprint density at radius 3 is 1.78 bits per heavy atom. The van der Waals surface area contributed by atoms with Crippen LogP contribution in [-0.4, -0.2) is 19.1 Å². The number of hydrogen-bond acceptors (Lipinski definition) is 3. The highest BCUT2D eigenvalue weighted by atomic mass is 32.1. The van der Waals surface area contributed by atoms with Gasteiger partial charge < -0.3 is 4.57 Å². The zero-order chi connectivity index (χ0) is 41.4. The molecule has 63 heavy (non-hydrogen) atoms. The maximum Gasteiger partial charge on any atom is 0.236 e. The topological polar surface area (TPSA) is 35.6 Å². The lowest BCUT2D eigenvalue weighted by molar-refractivity contribution is 1.02. The molecule has 0 spiro atoms. The smallest absolute Gasteiger partial charge is 0.236 e. The summed E-state index contributed by atoms with van der Waals surface area (Å²) in [6.07, 6.45) is 0. The fourth-order valence-electron chi connectivity index (χ4n) is 9.52. The zero-order valence-electron chi connectivity index (χ0n) is 33.8. The Kier molecular flexibility index (Phi) is 7.96. The van der Waals surface area contributed by atoms with Gasteiger partial charge in [0.15, 0.2) is 0 Å². The number of nitrogens with zero attached hydrogens (tertiary/aromatic N) is 4. The molecule has 13 aromatic rings. The van der Waals surface area contributed by atoms with Crippen molar-refractivity contribution in [2.75, 3.05) is 0 Å². The first-order chi connectivity index (χ1) is 31.2. The highest BCUT2D eigenvalue weighted by Gasteiger charge is 2.21. The lowest BCUT2D eigenvalue weighted by Gasteiger charge is -2.11. The summed E-state index contributed by atoms with van der Waals surface area (Å²) in [6, 6.07) is 80.1. The molecule has 9 aromatic carbocycles. The van der Waals surface area contributed by atoms with Crippen molar-refractivity contribution in [3.63, 3.8) is 0 Å². The average molecular weight is 819 g/mol. The monoisotopic (exact) mass is 818 g/mol. The Morgan fingerprint density at radius 2 is 1.00 bits per heavy atom. The van der Waals surface area contributed by atoms with Crippen LogP contribution in [0.3, 0.4) is 0 Å². The van der Waals surface area contributed by atoms with Gasteiger partial charge in [-0.3, -0.25) is 4.57 Å². The van der Waals surface area contributed by atoms with Crippen LogP contribution in [0.4, 0.5) is 0 Å². The molecule has 5 heteroatoms. The first-order valence-electron chi connectivity index (χ1n) is 21.1. The van der Waals surface area contributed by atoms with Gasteiger partial charge in [-0.1, -0.05) is 152 Å². The van der Waals surface area contributed by atoms with E-state index in [1.165, 1.54) is 37.5 Å². The normalized spacial score (nSPS) is 11.7. The number of hydrogen-bond donors (Lipinski definition) is 0. The van der Waals surface area contributed by atoms with Crippen molar-refractivity contribution in [3.8, 4) is 55.6 Å². The van der Waals surface area contributed by atoms with Crippen molar-refractivity contribution in [3.05, 3.63) is 218 Å². The quantitative estimate of drug-likeness (QED) is 0.168. The Balaban J connectivity index is 0.988. The van der Waals surface area contributed by atoms with Gasteiger partial charge >= 0.3 is 0 Å². The van der Waals surface area contributed by atoms with Crippen molar-refractivity contribution < 1.29 is 0 Å². The van der Waals surface area contributed by atoms with Crippen LogP contribution < -0.4 is 0 Å². The Bertz CT molecular complexity index is 3900. The molecule has 0 amide bonds. The average Bonchev–Trinajstić information content (AvgIpc) is 4.05. The summed E-state index contributed by atoms with van der Waals surface area (Å²) in [5.74, 6) is 0.660. The third-order valence-corrected chi connectivity index (χ3v) is 13.5. The second kappa shape index (κ2) is 14.1. The number of fused-ring (bicyclic) bond motifs is 9. The van der Waals surface area contributed by atoms with E-state index in [1.54, 1.807) is 11.3 Å². The van der Waals surface area contributed by atoms with Gasteiger partial charge in [0.25, 0.3) is 0 Å². The summed E-state index contributed by atoms with van der Waals surface area (Å²) >= 11 is 1.72. The number of rotatable bonds is 6. The number of benzene rings is 8. The molecule has 0 saturated carbocycles. The Labute approximate surface area is 367 Å². The summed E-state index contributed by atoms with van der Waals surface area (Å²) < 4.78 is 4.58. The van der Waals surface area contributed by atoms with Crippen molar-refractivity contribution >= 4 is 75.9 Å². The standard InChI is InChI=1S/C58H34N4S/c1-4-16-38(17-5-1)54-36-49-56(39-18-6-2-7-19-39)59-58(60-57(49)63-54)62-52-31-29-43(35-48(52)55-45-24-11-10-15-37(45)27-32-53(55)62)41-21-14-20-40(33-41)42-28-30-51-47(34-42)46-25-12-13-26-50(46)61(51)44-22-8-3-9-23-44/h1-11,14-36H. The summed E-state index contributed by atoms with van der Waals surface area (Å²) in [7, 11) is 0. The predicted molar refractivity (Wildman–Crippen MR) is 263 cm³/mol. The molecule has 4 heterocycles. The lowest BCUT2D eigenvalue weighted by atomic mass is 9.96. The van der Waals surface area contributed by atoms with Gasteiger partial charge in [-0.25, -0.2) is 9.97 Å². The molecule has 13 rings (SSSR count). The number of para-hydroxylation sites is 1. The fourth-order valence-corrected chi connectivity index (χ4v) is 10.6. The molecule has 0 bridgehead atoms. The van der Waals surface area contributed by atoms with E-state index >= 15 is 0 Å². The molecule has 0 aliphatic heterocycles. The highest BCUT2D eigenvalue weighted by molar-refractivity contribution is 7.21. The highest BCUT2D eigenvalue weighted by Crippen LogP contribution is 2.42. The Hall–Kier alpha value is -8.30. The van der Waals surface area contributed by atoms with Gasteiger partial charge in [-0.2, -0.15) is 0 Å². The van der Waals surface area contributed by atoms with Crippen LogP contribution in [0, 0.1) is 12.1 Å². The number of thiophene rings is 1. The van der Waals surface area contributed by atoms with Gasteiger partial charge in [-0.15, -0.1) is 11.3 Å². The molecule has 0 aliphatic carbocycles. The minimum atomic E-state index is 0.660. The van der Waals surface area contributed by atoms with Gasteiger partial charge in [0.2, 0.25) is 5.95 Å². The molecule has 4 nitrogen and oxygen atoms in total. The second-order valence-electron chi connectivity index (χ2n) is 16.0. The second-order valence-corrected chi connectivity index (χ2v) is 17.1. The predicted octanol–water partition coefficient (Wildman–Crippen LogP) is 15.3. The summed E-state index contributed by atoms with van der Waals surface area (Å²) in [6.45, 7) is 0. The lowest BCUT2D eigenvalue weighted by Crippen LogP contribution is -2.02. The molecule has 0 unspecified atom stereocenters. The van der Waals surface area contributed by atoms with Crippen molar-refractivity contribution in [1.82, 2.24) is 19.1 Å². The van der Waals surface area contributed by atoms with E-state index in [0.717, 1.165) is 76.7 Å². The summed E-state index contributed by atoms with van der Waals surface area (Å²) in [5, 5.41) is 8.16. The van der Waals surface area contributed by atoms with E-state index in [4.69, 9.17) is 9.97 Å². The zero-order valence-corrected chi connectivity index (χ0v) is 34.6. The largest absolute Gasteiger partial charge is 0.309 e. The van der Waals surface area contributed by atoms with E-state index in [9.17, 15) is 0 Å². The minimum absolute atomic E-state index is 0.660. The molecular formula is C58H34N4S. The molecule has 292 valence electrons. The van der Waals surface area contributed by atoms with Crippen LogP contribution in [0.25, 0.3) is 120 Å². The molecule has 0 fully saturated rings. The molecule has 0 N–H and O–H groups in total. The summed E-state index contributed by atoms with van der Waals surface area (Å²) in [4.78, 5) is 13.0. The van der Waals surface area contributed by atoms with Crippen molar-refractivity contribution in [1.29, 1.82) is 0 Å². The van der Waals surface area contributed by atoms with Gasteiger partial charge in [0, 0.05) is 49.1 Å². The maximum absolute atomic E-state index is 5.44. The molecule has 0 aliphatic rings. The first-order valence-corrected chi connectivity index (χ1v) is 22.0. The van der Waals surface area contributed by atoms with E-state index in [-0.39, 0.29) is 0 Å². The summed E-state index contributed by atoms with van der Waals surface area (Å²) in [5.41, 5.74) is 13.3. The fraction of sp³-hybridized carbons (Fsp3) is 0. The van der Waals surface area contributed by atoms with Gasteiger partial charge in [-0.05, 0) is 99.3 Å². The molecule has 0 atom stereocenters. The molecular weight excluding hydrogens is 785 g/mol. The molecule has 0 saturated heterocycles. The van der Waals surface area contributed by atoms with Crippen LogP contribution in [0.1, 0.15) is 0 Å². The van der Waals surface area contributed by atoms with E-state index in [2.05, 4.69) is 221 Å². The first kappa shape index (κ1) is 35.5. The van der Waals surface area contributed by atoms with Crippen LogP contribution in [0.15, 0.2) is 206 Å². The van der Waals surface area contributed by atoms with Crippen LogP contribution in [0.5, 0.6) is 0 Å². The maximum atomic E-state index is 5.44. The van der Waals surface area contributed by atoms with E-state index in [0.29, 0.717) is 5.95 Å². The Morgan fingerprint density at radius 1 is 0.381 bits per heavy atom. The molecule has 0 radical (unpaired) electrons. The van der Waals surface area contributed by atoms with Crippen molar-refractivity contribution in [2.24, 2.45) is 0 Å². The van der Waals surface area contributed by atoms with Crippen LogP contribution in [0.2, 0.25) is 0 Å². The van der Waals surface area contributed by atoms with Gasteiger partial charge in [0.1, 0.15) is 4.83 Å². The van der Waals surface area contributed by atoms with Crippen molar-refractivity contribution in [2.45, 2.75) is 0 Å². The number of aromatic nitrogens is 4. The van der Waals surface area contributed by atoms with E-state index < -0.39 is 0 Å². The molecule has 4 aromatic heterocycles. The third-order valence-electron chi connectivity index (χ3n) is 12.4. The SMILES string of the molecule is c1cc2c3cc(-c4cccc(-c5ccc6c(c5)c5c7ccccc7ccc5n6-c5nc(-c6ccccc6)c6cc(-c7ccccc7)sc6n5)c4)ccc3n(-c3ccccc3)c2cc#1. The minimum Gasteiger partial charge on any atom is -0.309 e. The van der Waals surface area contributed by atoms with Crippen LogP contribution in [-0.2, 0) is 0 Å². The third kappa shape index (κ3) is 5.70. The van der Waals surface area contributed by atoms with E-state index in [1.807, 2.05) is 6.07 Å². The van der Waals surface area contributed by atoms with Crippen LogP contribution >= 0.6 is 11.3 Å².